The van der Waals surface area contributed by atoms with Crippen molar-refractivity contribution >= 4 is 28.4 Å². The highest BCUT2D eigenvalue weighted by molar-refractivity contribution is 8.13. The molecule has 1 aliphatic heterocycles. The van der Waals surface area contributed by atoms with Crippen molar-refractivity contribution in [3.05, 3.63) is 29.8 Å². The summed E-state index contributed by atoms with van der Waals surface area (Å²) in [5.41, 5.74) is -0.399. The third-order valence-electron chi connectivity index (χ3n) is 2.43. The Morgan fingerprint density at radius 1 is 1.28 bits per heavy atom. The molecule has 7 heteroatoms. The van der Waals surface area contributed by atoms with Crippen molar-refractivity contribution in [3.63, 3.8) is 0 Å². The molecule has 0 atom stereocenters. The van der Waals surface area contributed by atoms with Gasteiger partial charge in [0, 0.05) is 0 Å². The zero-order chi connectivity index (χ0) is 13.3. The Balaban J connectivity index is 2.25. The molecule has 1 aromatic rings. The number of alkyl halides is 3. The first kappa shape index (κ1) is 12.9. The van der Waals surface area contributed by atoms with E-state index >= 15 is 0 Å². The fourth-order valence-electron chi connectivity index (χ4n) is 1.51. The summed E-state index contributed by atoms with van der Waals surface area (Å²) in [5.74, 6) is -0.237. The molecule has 18 heavy (non-hydrogen) atoms. The van der Waals surface area contributed by atoms with Crippen LogP contribution in [0.3, 0.4) is 0 Å². The molecule has 3 nitrogen and oxygen atoms in total. The first-order chi connectivity index (χ1) is 8.41. The predicted octanol–water partition coefficient (Wildman–Crippen LogP) is 3.12. The molecule has 0 radical (unpaired) electrons. The lowest BCUT2D eigenvalue weighted by molar-refractivity contribution is -0.137. The number of hydrogen-bond acceptors (Lipinski definition) is 3. The lowest BCUT2D eigenvalue weighted by Gasteiger charge is -2.13. The molecule has 0 spiro atoms. The predicted molar refractivity (Wildman–Crippen MR) is 64.5 cm³/mol. The third-order valence-corrected chi connectivity index (χ3v) is 3.12. The minimum atomic E-state index is -4.37. The maximum Gasteiger partial charge on any atom is 0.416 e. The van der Waals surface area contributed by atoms with E-state index in [1.807, 2.05) is 0 Å². The zero-order valence-electron chi connectivity index (χ0n) is 9.36. The van der Waals surface area contributed by atoms with Gasteiger partial charge >= 0.3 is 6.18 Å². The molecule has 0 bridgehead atoms. The first-order valence-electron chi connectivity index (χ1n) is 5.03. The average molecular weight is 274 g/mol. The molecule has 1 amide bonds. The molecule has 0 N–H and O–H groups in total. The highest BCUT2D eigenvalue weighted by Gasteiger charge is 2.31. The number of halogens is 3. The van der Waals surface area contributed by atoms with Crippen LogP contribution in [0.5, 0.6) is 0 Å². The molecule has 0 aromatic heterocycles. The van der Waals surface area contributed by atoms with E-state index < -0.39 is 11.7 Å². The van der Waals surface area contributed by atoms with Gasteiger partial charge < -0.3 is 0 Å². The summed E-state index contributed by atoms with van der Waals surface area (Å²) in [6, 6.07) is 4.37. The summed E-state index contributed by atoms with van der Waals surface area (Å²) < 4.78 is 37.1. The summed E-state index contributed by atoms with van der Waals surface area (Å²) in [4.78, 5) is 11.6. The normalized spacial score (nSPS) is 16.1. The molecule has 2 rings (SSSR count). The maximum atomic E-state index is 12.4. The van der Waals surface area contributed by atoms with Crippen LogP contribution in [-0.4, -0.2) is 17.2 Å². The number of thioether (sulfide) groups is 1. The molecule has 1 aliphatic rings. The number of carbonyl (C=O) groups excluding carboxylic acids is 1. The Morgan fingerprint density at radius 2 is 1.89 bits per heavy atom. The number of carbonyl (C=O) groups is 1. The standard InChI is InChI=1S/C11H9F3N2OS/c1-18-9-6-10(17)16(15-9)8-4-2-7(3-5-8)11(12,13)14/h2-5H,6H2,1H3. The fraction of sp³-hybridized carbons (Fsp3) is 0.273. The van der Waals surface area contributed by atoms with Crippen molar-refractivity contribution in [2.24, 2.45) is 5.10 Å². The SMILES string of the molecule is CSC1=NN(c2ccc(C(F)(F)F)cc2)C(=O)C1. The van der Waals surface area contributed by atoms with Crippen molar-refractivity contribution < 1.29 is 18.0 Å². The van der Waals surface area contributed by atoms with Gasteiger partial charge in [-0.25, -0.2) is 0 Å². The van der Waals surface area contributed by atoms with E-state index in [4.69, 9.17) is 0 Å². The number of rotatable bonds is 1. The van der Waals surface area contributed by atoms with Gasteiger partial charge in [-0.2, -0.15) is 23.3 Å². The Bertz CT molecular complexity index is 496. The molecule has 96 valence electrons. The summed E-state index contributed by atoms with van der Waals surface area (Å²) in [7, 11) is 0. The second-order valence-electron chi connectivity index (χ2n) is 3.62. The summed E-state index contributed by atoms with van der Waals surface area (Å²) in [5, 5.41) is 5.82. The van der Waals surface area contributed by atoms with Gasteiger partial charge in [0.1, 0.15) is 5.04 Å². The van der Waals surface area contributed by atoms with E-state index in [2.05, 4.69) is 5.10 Å². The molecule has 1 heterocycles. The van der Waals surface area contributed by atoms with Crippen LogP contribution < -0.4 is 5.01 Å². The van der Waals surface area contributed by atoms with Gasteiger partial charge in [-0.15, -0.1) is 11.8 Å². The van der Waals surface area contributed by atoms with Crippen LogP contribution in [-0.2, 0) is 11.0 Å². The van der Waals surface area contributed by atoms with E-state index in [9.17, 15) is 18.0 Å². The Morgan fingerprint density at radius 3 is 2.33 bits per heavy atom. The van der Waals surface area contributed by atoms with E-state index in [0.717, 1.165) is 17.1 Å². The van der Waals surface area contributed by atoms with E-state index in [0.29, 0.717) is 10.7 Å². The zero-order valence-corrected chi connectivity index (χ0v) is 10.2. The highest BCUT2D eigenvalue weighted by Crippen LogP contribution is 2.31. The summed E-state index contributed by atoms with van der Waals surface area (Å²) in [6.45, 7) is 0. The molecule has 0 fully saturated rings. The van der Waals surface area contributed by atoms with Crippen molar-refractivity contribution in [1.82, 2.24) is 0 Å². The minimum absolute atomic E-state index is 0.197. The molecule has 0 unspecified atom stereocenters. The van der Waals surface area contributed by atoms with Gasteiger partial charge in [0.15, 0.2) is 0 Å². The van der Waals surface area contributed by atoms with Gasteiger partial charge in [-0.3, -0.25) is 4.79 Å². The number of amides is 1. The minimum Gasteiger partial charge on any atom is -0.272 e. The van der Waals surface area contributed by atoms with E-state index in [1.54, 1.807) is 6.26 Å². The van der Waals surface area contributed by atoms with Crippen molar-refractivity contribution in [2.45, 2.75) is 12.6 Å². The van der Waals surface area contributed by atoms with Crippen LogP contribution in [0, 0.1) is 0 Å². The van der Waals surface area contributed by atoms with Crippen LogP contribution in [0.1, 0.15) is 12.0 Å². The van der Waals surface area contributed by atoms with Crippen LogP contribution in [0.25, 0.3) is 0 Å². The largest absolute Gasteiger partial charge is 0.416 e. The second kappa shape index (κ2) is 4.64. The monoisotopic (exact) mass is 274 g/mol. The Labute approximate surface area is 106 Å². The van der Waals surface area contributed by atoms with Crippen LogP contribution >= 0.6 is 11.8 Å². The Hall–Kier alpha value is -1.50. The van der Waals surface area contributed by atoms with Gasteiger partial charge in [-0.05, 0) is 30.5 Å². The van der Waals surface area contributed by atoms with Crippen LogP contribution in [0.4, 0.5) is 18.9 Å². The molecule has 0 saturated heterocycles. The average Bonchev–Trinajstić information content (AvgIpc) is 2.70. The van der Waals surface area contributed by atoms with E-state index in [1.165, 1.54) is 23.9 Å². The first-order valence-corrected chi connectivity index (χ1v) is 6.26. The molecule has 0 saturated carbocycles. The van der Waals surface area contributed by atoms with Gasteiger partial charge in [0.05, 0.1) is 17.7 Å². The molecular weight excluding hydrogens is 265 g/mol. The van der Waals surface area contributed by atoms with Crippen LogP contribution in [0.2, 0.25) is 0 Å². The Kier molecular flexibility index (Phi) is 3.34. The van der Waals surface area contributed by atoms with Crippen molar-refractivity contribution in [1.29, 1.82) is 0 Å². The van der Waals surface area contributed by atoms with Crippen molar-refractivity contribution in [3.8, 4) is 0 Å². The molecule has 0 aliphatic carbocycles. The lowest BCUT2D eigenvalue weighted by Crippen LogP contribution is -2.19. The highest BCUT2D eigenvalue weighted by atomic mass is 32.2. The molecule has 1 aromatic carbocycles. The van der Waals surface area contributed by atoms with Crippen LogP contribution in [0.15, 0.2) is 29.4 Å². The number of hydrogen-bond donors (Lipinski definition) is 0. The van der Waals surface area contributed by atoms with Gasteiger partial charge in [0.25, 0.3) is 5.91 Å². The lowest BCUT2D eigenvalue weighted by atomic mass is 10.2. The third kappa shape index (κ3) is 2.50. The quantitative estimate of drug-likeness (QED) is 0.788. The summed E-state index contributed by atoms with van der Waals surface area (Å²) in [6.07, 6.45) is -2.38. The second-order valence-corrected chi connectivity index (χ2v) is 4.50. The number of anilines is 1. The number of nitrogens with zero attached hydrogens (tertiary/aromatic N) is 2. The van der Waals surface area contributed by atoms with Gasteiger partial charge in [0.2, 0.25) is 0 Å². The topological polar surface area (TPSA) is 32.7 Å². The van der Waals surface area contributed by atoms with E-state index in [-0.39, 0.29) is 12.3 Å². The number of benzene rings is 1. The van der Waals surface area contributed by atoms with Crippen molar-refractivity contribution in [2.75, 3.05) is 11.3 Å². The molecular formula is C11H9F3N2OS. The smallest absolute Gasteiger partial charge is 0.272 e. The maximum absolute atomic E-state index is 12.4. The summed E-state index contributed by atoms with van der Waals surface area (Å²) >= 11 is 1.35. The van der Waals surface area contributed by atoms with Gasteiger partial charge in [-0.1, -0.05) is 0 Å². The number of hydrazone groups is 1. The fourth-order valence-corrected chi connectivity index (χ4v) is 1.94.